The lowest BCUT2D eigenvalue weighted by Crippen LogP contribution is -2.40. The van der Waals surface area contributed by atoms with Gasteiger partial charge >= 0.3 is 0 Å². The minimum absolute atomic E-state index is 0.0239. The van der Waals surface area contributed by atoms with E-state index in [1.165, 1.54) is 22.0 Å². The summed E-state index contributed by atoms with van der Waals surface area (Å²) in [6.45, 7) is 4.41. The Morgan fingerprint density at radius 2 is 1.78 bits per heavy atom. The Hall–Kier alpha value is -1.78. The quantitative estimate of drug-likeness (QED) is 0.601. The number of rotatable bonds is 9. The number of thiophene rings is 1. The molecule has 1 amide bonds. The van der Waals surface area contributed by atoms with Crippen molar-refractivity contribution in [2.45, 2.75) is 36.6 Å². The van der Waals surface area contributed by atoms with Gasteiger partial charge in [-0.1, -0.05) is 18.2 Å². The monoisotopic (exact) mass is 477 g/mol. The van der Waals surface area contributed by atoms with E-state index >= 15 is 0 Å². The summed E-state index contributed by atoms with van der Waals surface area (Å²) in [5.41, 5.74) is 0.954. The van der Waals surface area contributed by atoms with Gasteiger partial charge in [-0.3, -0.25) is 9.69 Å². The maximum atomic E-state index is 12.7. The number of nitrogens with zero attached hydrogens (tertiary/aromatic N) is 2. The predicted octanol–water partition coefficient (Wildman–Crippen LogP) is 2.65. The average Bonchev–Trinajstić information content (AvgIpc) is 3.54. The molecule has 2 aliphatic rings. The molecule has 2 aromatic rings. The third-order valence-electron chi connectivity index (χ3n) is 6.12. The van der Waals surface area contributed by atoms with Gasteiger partial charge in [-0.2, -0.15) is 4.31 Å². The average molecular weight is 478 g/mol. The maximum absolute atomic E-state index is 12.7. The van der Waals surface area contributed by atoms with E-state index in [4.69, 9.17) is 4.74 Å². The molecular weight excluding hydrogens is 446 g/mol. The van der Waals surface area contributed by atoms with Gasteiger partial charge in [-0.15, -0.1) is 11.3 Å². The SMILES string of the molecule is O=C(CCc1ccc(S(=O)(=O)N2CCOCC2)cc1)NCC(c1cccs1)N1CCCC1. The molecule has 174 valence electrons. The third-order valence-corrected chi connectivity index (χ3v) is 9.00. The zero-order valence-corrected chi connectivity index (χ0v) is 19.9. The van der Waals surface area contributed by atoms with E-state index < -0.39 is 10.0 Å². The number of benzene rings is 1. The van der Waals surface area contributed by atoms with Crippen LogP contribution in [0.4, 0.5) is 0 Å². The molecular formula is C23H31N3O4S2. The van der Waals surface area contributed by atoms with Crippen LogP contribution < -0.4 is 5.32 Å². The second-order valence-corrected chi connectivity index (χ2v) is 11.2. The van der Waals surface area contributed by atoms with Crippen LogP contribution in [0.3, 0.4) is 0 Å². The van der Waals surface area contributed by atoms with E-state index in [2.05, 4.69) is 27.7 Å². The van der Waals surface area contributed by atoms with Crippen molar-refractivity contribution in [3.63, 3.8) is 0 Å². The molecule has 2 saturated heterocycles. The molecule has 2 aliphatic heterocycles. The minimum atomic E-state index is -3.49. The van der Waals surface area contributed by atoms with Crippen LogP contribution in [0, 0.1) is 0 Å². The summed E-state index contributed by atoms with van der Waals surface area (Å²) >= 11 is 1.74. The standard InChI is InChI=1S/C23H31N3O4S2/c27-23(24-18-21(22-4-3-17-31-22)25-11-1-2-12-25)10-7-19-5-8-20(9-6-19)32(28,29)26-13-15-30-16-14-26/h3-6,8-9,17,21H,1-2,7,10-16,18H2,(H,24,27). The summed E-state index contributed by atoms with van der Waals surface area (Å²) in [4.78, 5) is 16.5. The molecule has 4 rings (SSSR count). The number of hydrogen-bond acceptors (Lipinski definition) is 6. The second-order valence-electron chi connectivity index (χ2n) is 8.24. The van der Waals surface area contributed by atoms with Crippen LogP contribution in [0.25, 0.3) is 0 Å². The van der Waals surface area contributed by atoms with Gasteiger partial charge in [-0.25, -0.2) is 8.42 Å². The van der Waals surface area contributed by atoms with Gasteiger partial charge in [0.1, 0.15) is 0 Å². The van der Waals surface area contributed by atoms with Crippen LogP contribution >= 0.6 is 11.3 Å². The molecule has 1 atom stereocenters. The molecule has 1 aromatic heterocycles. The lowest BCUT2D eigenvalue weighted by molar-refractivity contribution is -0.121. The highest BCUT2D eigenvalue weighted by Gasteiger charge is 2.26. The van der Waals surface area contributed by atoms with Crippen molar-refractivity contribution in [3.8, 4) is 0 Å². The molecule has 0 radical (unpaired) electrons. The molecule has 32 heavy (non-hydrogen) atoms. The number of likely N-dealkylation sites (tertiary alicyclic amines) is 1. The van der Waals surface area contributed by atoms with E-state index in [1.54, 1.807) is 35.6 Å². The number of sulfonamides is 1. The first-order chi connectivity index (χ1) is 15.5. The van der Waals surface area contributed by atoms with Crippen molar-refractivity contribution in [2.24, 2.45) is 0 Å². The maximum Gasteiger partial charge on any atom is 0.243 e. The van der Waals surface area contributed by atoms with Gasteiger partial charge in [0, 0.05) is 30.9 Å². The van der Waals surface area contributed by atoms with Gasteiger partial charge in [0.2, 0.25) is 15.9 Å². The third kappa shape index (κ3) is 5.77. The summed E-state index contributed by atoms with van der Waals surface area (Å²) in [5.74, 6) is 0.0239. The number of carbonyl (C=O) groups is 1. The number of carbonyl (C=O) groups excluding carboxylic acids is 1. The highest BCUT2D eigenvalue weighted by Crippen LogP contribution is 2.28. The predicted molar refractivity (Wildman–Crippen MR) is 125 cm³/mol. The molecule has 0 aliphatic carbocycles. The normalized spacial score (nSPS) is 19.1. The first-order valence-electron chi connectivity index (χ1n) is 11.2. The summed E-state index contributed by atoms with van der Waals surface area (Å²) in [6.07, 6.45) is 3.39. The van der Waals surface area contributed by atoms with Crippen molar-refractivity contribution in [2.75, 3.05) is 45.9 Å². The molecule has 1 aromatic carbocycles. The molecule has 1 N–H and O–H groups in total. The zero-order chi connectivity index (χ0) is 22.4. The number of aryl methyl sites for hydroxylation is 1. The Bertz CT molecular complexity index is 965. The fourth-order valence-electron chi connectivity index (χ4n) is 4.26. The van der Waals surface area contributed by atoms with Gasteiger partial charge < -0.3 is 10.1 Å². The lowest BCUT2D eigenvalue weighted by Gasteiger charge is -2.27. The summed E-state index contributed by atoms with van der Waals surface area (Å²) in [5, 5.41) is 5.19. The van der Waals surface area contributed by atoms with Crippen LogP contribution in [0.5, 0.6) is 0 Å². The van der Waals surface area contributed by atoms with E-state index in [0.717, 1.165) is 18.7 Å². The Morgan fingerprint density at radius 3 is 2.44 bits per heavy atom. The Balaban J connectivity index is 1.28. The minimum Gasteiger partial charge on any atom is -0.379 e. The lowest BCUT2D eigenvalue weighted by atomic mass is 10.1. The number of nitrogens with one attached hydrogen (secondary N) is 1. The van der Waals surface area contributed by atoms with Crippen molar-refractivity contribution < 1.29 is 17.9 Å². The largest absolute Gasteiger partial charge is 0.379 e. The molecule has 0 saturated carbocycles. The van der Waals surface area contributed by atoms with E-state index in [0.29, 0.717) is 45.7 Å². The first kappa shape index (κ1) is 23.4. The van der Waals surface area contributed by atoms with Crippen LogP contribution in [-0.4, -0.2) is 69.5 Å². The highest BCUT2D eigenvalue weighted by atomic mass is 32.2. The van der Waals surface area contributed by atoms with E-state index in [1.807, 2.05) is 0 Å². The van der Waals surface area contributed by atoms with Crippen molar-refractivity contribution in [1.29, 1.82) is 0 Å². The van der Waals surface area contributed by atoms with Gasteiger partial charge in [-0.05, 0) is 61.5 Å². The number of ether oxygens (including phenoxy) is 1. The number of amides is 1. The smallest absolute Gasteiger partial charge is 0.243 e. The fraction of sp³-hybridized carbons (Fsp3) is 0.522. The van der Waals surface area contributed by atoms with E-state index in [9.17, 15) is 13.2 Å². The van der Waals surface area contributed by atoms with Gasteiger partial charge in [0.15, 0.2) is 0 Å². The molecule has 3 heterocycles. The molecule has 7 nitrogen and oxygen atoms in total. The molecule has 0 bridgehead atoms. The number of hydrogen-bond donors (Lipinski definition) is 1. The van der Waals surface area contributed by atoms with Gasteiger partial charge in [0.05, 0.1) is 24.2 Å². The summed E-state index contributed by atoms with van der Waals surface area (Å²) in [6, 6.07) is 11.3. The first-order valence-corrected chi connectivity index (χ1v) is 13.6. The van der Waals surface area contributed by atoms with Crippen LogP contribution in [-0.2, 0) is 26.0 Å². The van der Waals surface area contributed by atoms with Crippen molar-refractivity contribution in [3.05, 3.63) is 52.2 Å². The highest BCUT2D eigenvalue weighted by molar-refractivity contribution is 7.89. The summed E-state index contributed by atoms with van der Waals surface area (Å²) < 4.78 is 32.2. The Labute approximate surface area is 194 Å². The second kappa shape index (κ2) is 10.9. The molecule has 1 unspecified atom stereocenters. The topological polar surface area (TPSA) is 79.0 Å². The van der Waals surface area contributed by atoms with E-state index in [-0.39, 0.29) is 16.8 Å². The Morgan fingerprint density at radius 1 is 1.06 bits per heavy atom. The van der Waals surface area contributed by atoms with Crippen molar-refractivity contribution in [1.82, 2.24) is 14.5 Å². The molecule has 0 spiro atoms. The van der Waals surface area contributed by atoms with Crippen LogP contribution in [0.2, 0.25) is 0 Å². The summed E-state index contributed by atoms with van der Waals surface area (Å²) in [7, 11) is -3.49. The van der Waals surface area contributed by atoms with Crippen LogP contribution in [0.15, 0.2) is 46.7 Å². The van der Waals surface area contributed by atoms with Gasteiger partial charge in [0.25, 0.3) is 0 Å². The molecule has 9 heteroatoms. The zero-order valence-electron chi connectivity index (χ0n) is 18.2. The Kier molecular flexibility index (Phi) is 7.96. The van der Waals surface area contributed by atoms with Crippen LogP contribution in [0.1, 0.15) is 35.7 Å². The fourth-order valence-corrected chi connectivity index (χ4v) is 6.53. The number of morpholine rings is 1. The van der Waals surface area contributed by atoms with Crippen molar-refractivity contribution >= 4 is 27.3 Å². The molecule has 2 fully saturated rings.